The highest BCUT2D eigenvalue weighted by atomic mass is 16.5. The van der Waals surface area contributed by atoms with Gasteiger partial charge in [-0.2, -0.15) is 0 Å². The molecule has 2 rings (SSSR count). The van der Waals surface area contributed by atoms with Crippen molar-refractivity contribution in [2.24, 2.45) is 0 Å². The second-order valence-corrected chi connectivity index (χ2v) is 4.85. The normalized spacial score (nSPS) is 16.9. The van der Waals surface area contributed by atoms with Crippen molar-refractivity contribution >= 4 is 0 Å². The van der Waals surface area contributed by atoms with Crippen molar-refractivity contribution in [2.45, 2.75) is 38.8 Å². The van der Waals surface area contributed by atoms with Crippen molar-refractivity contribution in [1.29, 1.82) is 0 Å². The summed E-state index contributed by atoms with van der Waals surface area (Å²) in [7, 11) is 0. The number of hydrogen-bond acceptors (Lipinski definition) is 3. The van der Waals surface area contributed by atoms with E-state index in [-0.39, 0.29) is 0 Å². The quantitative estimate of drug-likeness (QED) is 0.790. The Balaban J connectivity index is 1.77. The molecule has 0 aliphatic heterocycles. The molecule has 0 heterocycles. The molecule has 3 nitrogen and oxygen atoms in total. The zero-order chi connectivity index (χ0) is 12.3. The van der Waals surface area contributed by atoms with Crippen molar-refractivity contribution in [3.63, 3.8) is 0 Å². The summed E-state index contributed by atoms with van der Waals surface area (Å²) in [5.74, 6) is 0.871. The van der Waals surface area contributed by atoms with E-state index in [2.05, 4.69) is 18.3 Å². The van der Waals surface area contributed by atoms with Crippen LogP contribution in [0.15, 0.2) is 18.2 Å². The van der Waals surface area contributed by atoms with Crippen LogP contribution in [0.1, 0.15) is 24.0 Å². The molecule has 1 aliphatic carbocycles. The van der Waals surface area contributed by atoms with Gasteiger partial charge in [-0.15, -0.1) is 0 Å². The zero-order valence-corrected chi connectivity index (χ0v) is 10.6. The summed E-state index contributed by atoms with van der Waals surface area (Å²) in [6.45, 7) is 5.08. The van der Waals surface area contributed by atoms with E-state index in [1.54, 1.807) is 0 Å². The highest BCUT2D eigenvalue weighted by Gasteiger charge is 2.21. The maximum Gasteiger partial charge on any atom is 0.122 e. The Morgan fingerprint density at radius 1 is 1.41 bits per heavy atom. The number of aryl methyl sites for hydroxylation is 1. The molecule has 2 N–H and O–H groups in total. The second kappa shape index (κ2) is 5.52. The smallest absolute Gasteiger partial charge is 0.122 e. The average Bonchev–Trinajstić information content (AvgIpc) is 3.12. The molecule has 3 heteroatoms. The van der Waals surface area contributed by atoms with E-state index < -0.39 is 6.10 Å². The maximum absolute atomic E-state index is 9.76. The number of benzene rings is 1. The molecule has 0 unspecified atom stereocenters. The van der Waals surface area contributed by atoms with Crippen LogP contribution >= 0.6 is 0 Å². The maximum atomic E-state index is 9.76. The third-order valence-electron chi connectivity index (χ3n) is 3.21. The predicted molar refractivity (Wildman–Crippen MR) is 68.4 cm³/mol. The summed E-state index contributed by atoms with van der Waals surface area (Å²) in [6, 6.07) is 6.62. The van der Waals surface area contributed by atoms with E-state index in [1.807, 2.05) is 19.1 Å². The number of aliphatic hydroxyl groups is 1. The van der Waals surface area contributed by atoms with Gasteiger partial charge < -0.3 is 15.2 Å². The summed E-state index contributed by atoms with van der Waals surface area (Å²) in [5.41, 5.74) is 2.36. The minimum atomic E-state index is -0.435. The van der Waals surface area contributed by atoms with Gasteiger partial charge in [0.25, 0.3) is 0 Å². The molecule has 1 saturated carbocycles. The molecular formula is C14H21NO2. The molecule has 0 amide bonds. The fourth-order valence-corrected chi connectivity index (χ4v) is 1.72. The molecule has 0 aromatic heterocycles. The Morgan fingerprint density at radius 3 is 2.88 bits per heavy atom. The van der Waals surface area contributed by atoms with Gasteiger partial charge >= 0.3 is 0 Å². The van der Waals surface area contributed by atoms with E-state index in [0.29, 0.717) is 19.2 Å². The molecular weight excluding hydrogens is 214 g/mol. The highest BCUT2D eigenvalue weighted by molar-refractivity contribution is 5.38. The third kappa shape index (κ3) is 3.72. The monoisotopic (exact) mass is 235 g/mol. The van der Waals surface area contributed by atoms with Crippen molar-refractivity contribution in [3.8, 4) is 5.75 Å². The Labute approximate surface area is 103 Å². The summed E-state index contributed by atoms with van der Waals surface area (Å²) in [5, 5.41) is 13.0. The molecule has 1 aromatic carbocycles. The SMILES string of the molecule is Cc1cccc(OC[C@@H](O)CNC2CC2)c1C. The number of ether oxygens (including phenoxy) is 1. The largest absolute Gasteiger partial charge is 0.491 e. The van der Waals surface area contributed by atoms with Crippen LogP contribution in [-0.4, -0.2) is 30.4 Å². The number of nitrogens with one attached hydrogen (secondary N) is 1. The lowest BCUT2D eigenvalue weighted by Gasteiger charge is -2.15. The van der Waals surface area contributed by atoms with Gasteiger partial charge in [-0.1, -0.05) is 12.1 Å². The first-order chi connectivity index (χ1) is 8.16. The van der Waals surface area contributed by atoms with Crippen LogP contribution in [0.5, 0.6) is 5.75 Å². The number of hydrogen-bond donors (Lipinski definition) is 2. The lowest BCUT2D eigenvalue weighted by Crippen LogP contribution is -2.32. The standard InChI is InChI=1S/C14H21NO2/c1-10-4-3-5-14(11(10)2)17-9-13(16)8-15-12-6-7-12/h3-5,12-13,15-16H,6-9H2,1-2H3/t13-/m0/s1. The molecule has 0 radical (unpaired) electrons. The first-order valence-electron chi connectivity index (χ1n) is 6.27. The third-order valence-corrected chi connectivity index (χ3v) is 3.21. The molecule has 1 atom stereocenters. The number of rotatable bonds is 6. The lowest BCUT2D eigenvalue weighted by atomic mass is 10.1. The fraction of sp³-hybridized carbons (Fsp3) is 0.571. The summed E-state index contributed by atoms with van der Waals surface area (Å²) in [6.07, 6.45) is 2.05. The van der Waals surface area contributed by atoms with E-state index in [9.17, 15) is 5.11 Å². The van der Waals surface area contributed by atoms with Gasteiger partial charge in [-0.05, 0) is 43.9 Å². The van der Waals surface area contributed by atoms with Crippen molar-refractivity contribution in [1.82, 2.24) is 5.32 Å². The minimum absolute atomic E-state index is 0.351. The van der Waals surface area contributed by atoms with Crippen LogP contribution in [0.4, 0.5) is 0 Å². The summed E-state index contributed by atoms with van der Waals surface area (Å²) >= 11 is 0. The lowest BCUT2D eigenvalue weighted by molar-refractivity contribution is 0.106. The fourth-order valence-electron chi connectivity index (χ4n) is 1.72. The van der Waals surface area contributed by atoms with Gasteiger partial charge in [-0.3, -0.25) is 0 Å². The van der Waals surface area contributed by atoms with Crippen LogP contribution < -0.4 is 10.1 Å². The minimum Gasteiger partial charge on any atom is -0.491 e. The van der Waals surface area contributed by atoms with Gasteiger partial charge in [0.2, 0.25) is 0 Å². The Bertz CT molecular complexity index is 374. The molecule has 1 aromatic rings. The van der Waals surface area contributed by atoms with Crippen molar-refractivity contribution in [3.05, 3.63) is 29.3 Å². The Kier molecular flexibility index (Phi) is 4.02. The molecule has 1 aliphatic rings. The predicted octanol–water partition coefficient (Wildman–Crippen LogP) is 1.80. The van der Waals surface area contributed by atoms with E-state index in [0.717, 1.165) is 11.3 Å². The molecule has 94 valence electrons. The molecule has 1 fully saturated rings. The van der Waals surface area contributed by atoms with E-state index in [1.165, 1.54) is 18.4 Å². The summed E-state index contributed by atoms with van der Waals surface area (Å²) in [4.78, 5) is 0. The van der Waals surface area contributed by atoms with Crippen LogP contribution in [0, 0.1) is 13.8 Å². The molecule has 0 bridgehead atoms. The van der Waals surface area contributed by atoms with Gasteiger partial charge in [0, 0.05) is 12.6 Å². The zero-order valence-electron chi connectivity index (χ0n) is 10.6. The Morgan fingerprint density at radius 2 is 2.18 bits per heavy atom. The molecule has 17 heavy (non-hydrogen) atoms. The van der Waals surface area contributed by atoms with E-state index in [4.69, 9.17) is 4.74 Å². The van der Waals surface area contributed by atoms with E-state index >= 15 is 0 Å². The van der Waals surface area contributed by atoms with Crippen LogP contribution in [-0.2, 0) is 0 Å². The van der Waals surface area contributed by atoms with Gasteiger partial charge in [0.05, 0.1) is 0 Å². The van der Waals surface area contributed by atoms with Crippen molar-refractivity contribution < 1.29 is 9.84 Å². The molecule has 0 saturated heterocycles. The Hall–Kier alpha value is -1.06. The van der Waals surface area contributed by atoms with Crippen LogP contribution in [0.25, 0.3) is 0 Å². The van der Waals surface area contributed by atoms with Gasteiger partial charge in [-0.25, -0.2) is 0 Å². The van der Waals surface area contributed by atoms with Gasteiger partial charge in [0.1, 0.15) is 18.5 Å². The van der Waals surface area contributed by atoms with Crippen LogP contribution in [0.2, 0.25) is 0 Å². The van der Waals surface area contributed by atoms with Crippen LogP contribution in [0.3, 0.4) is 0 Å². The first-order valence-corrected chi connectivity index (χ1v) is 6.27. The first kappa shape index (κ1) is 12.4. The number of aliphatic hydroxyl groups excluding tert-OH is 1. The summed E-state index contributed by atoms with van der Waals surface area (Å²) < 4.78 is 5.64. The van der Waals surface area contributed by atoms with Crippen molar-refractivity contribution in [2.75, 3.05) is 13.2 Å². The second-order valence-electron chi connectivity index (χ2n) is 4.85. The average molecular weight is 235 g/mol. The topological polar surface area (TPSA) is 41.5 Å². The molecule has 0 spiro atoms. The van der Waals surface area contributed by atoms with Gasteiger partial charge in [0.15, 0.2) is 0 Å². The highest BCUT2D eigenvalue weighted by Crippen LogP contribution is 2.21.